The van der Waals surface area contributed by atoms with E-state index in [1.165, 1.54) is 0 Å². The molecule has 0 radical (unpaired) electrons. The van der Waals surface area contributed by atoms with Crippen molar-refractivity contribution in [2.45, 2.75) is 32.6 Å². The van der Waals surface area contributed by atoms with Crippen molar-refractivity contribution in [2.24, 2.45) is 0 Å². The van der Waals surface area contributed by atoms with Crippen LogP contribution < -0.4 is 14.2 Å². The number of ether oxygens (including phenoxy) is 4. The monoisotopic (exact) mass is 295 g/mol. The lowest BCUT2D eigenvalue weighted by Crippen LogP contribution is -2.44. The van der Waals surface area contributed by atoms with Gasteiger partial charge in [-0.05, 0) is 31.5 Å². The summed E-state index contributed by atoms with van der Waals surface area (Å²) in [4.78, 5) is 2.39. The fourth-order valence-electron chi connectivity index (χ4n) is 2.90. The van der Waals surface area contributed by atoms with Crippen LogP contribution in [0, 0.1) is 0 Å². The Labute approximate surface area is 126 Å². The molecule has 2 rings (SSSR count). The van der Waals surface area contributed by atoms with Gasteiger partial charge in [0.1, 0.15) is 0 Å². The SMILES string of the molecule is COc1cc(CN2C[C@@H](C)O[C@@H](C)C2)cc(OC)c1OC. The summed E-state index contributed by atoms with van der Waals surface area (Å²) in [5.41, 5.74) is 1.14. The zero-order chi connectivity index (χ0) is 15.4. The molecule has 1 aliphatic heterocycles. The van der Waals surface area contributed by atoms with E-state index in [9.17, 15) is 0 Å². The number of methoxy groups -OCH3 is 3. The van der Waals surface area contributed by atoms with Gasteiger partial charge in [-0.25, -0.2) is 0 Å². The Morgan fingerprint density at radius 3 is 1.95 bits per heavy atom. The van der Waals surface area contributed by atoms with E-state index in [2.05, 4.69) is 18.7 Å². The minimum Gasteiger partial charge on any atom is -0.493 e. The minimum absolute atomic E-state index is 0.260. The second-order valence-electron chi connectivity index (χ2n) is 5.48. The summed E-state index contributed by atoms with van der Waals surface area (Å²) in [5.74, 6) is 2.02. The van der Waals surface area contributed by atoms with Crippen molar-refractivity contribution in [3.05, 3.63) is 17.7 Å². The highest BCUT2D eigenvalue weighted by molar-refractivity contribution is 5.53. The highest BCUT2D eigenvalue weighted by atomic mass is 16.5. The zero-order valence-corrected chi connectivity index (χ0v) is 13.5. The van der Waals surface area contributed by atoms with Crippen LogP contribution in [0.25, 0.3) is 0 Å². The predicted molar refractivity (Wildman–Crippen MR) is 81.4 cm³/mol. The molecular weight excluding hydrogens is 270 g/mol. The van der Waals surface area contributed by atoms with Crippen LogP contribution in [0.4, 0.5) is 0 Å². The van der Waals surface area contributed by atoms with Gasteiger partial charge in [-0.3, -0.25) is 4.90 Å². The molecule has 2 atom stereocenters. The van der Waals surface area contributed by atoms with Crippen LogP contribution in [0.15, 0.2) is 12.1 Å². The largest absolute Gasteiger partial charge is 0.493 e. The Hall–Kier alpha value is -1.46. The number of hydrogen-bond acceptors (Lipinski definition) is 5. The van der Waals surface area contributed by atoms with Gasteiger partial charge in [-0.2, -0.15) is 0 Å². The van der Waals surface area contributed by atoms with Gasteiger partial charge in [0.2, 0.25) is 5.75 Å². The summed E-state index contributed by atoms with van der Waals surface area (Å²) in [6.07, 6.45) is 0.520. The molecular formula is C16H25NO4. The van der Waals surface area contributed by atoms with E-state index in [0.717, 1.165) is 25.2 Å². The van der Waals surface area contributed by atoms with Gasteiger partial charge >= 0.3 is 0 Å². The third kappa shape index (κ3) is 3.80. The second-order valence-corrected chi connectivity index (χ2v) is 5.48. The molecule has 21 heavy (non-hydrogen) atoms. The molecule has 1 aromatic carbocycles. The molecule has 0 aliphatic carbocycles. The van der Waals surface area contributed by atoms with Crippen molar-refractivity contribution in [3.63, 3.8) is 0 Å². The van der Waals surface area contributed by atoms with Crippen molar-refractivity contribution in [1.29, 1.82) is 0 Å². The Kier molecular flexibility index (Phi) is 5.31. The van der Waals surface area contributed by atoms with Gasteiger partial charge in [-0.1, -0.05) is 0 Å². The van der Waals surface area contributed by atoms with Crippen molar-refractivity contribution in [3.8, 4) is 17.2 Å². The molecule has 0 aromatic heterocycles. The molecule has 5 nitrogen and oxygen atoms in total. The van der Waals surface area contributed by atoms with Crippen molar-refractivity contribution < 1.29 is 18.9 Å². The molecule has 0 bridgehead atoms. The molecule has 0 N–H and O–H groups in total. The average Bonchev–Trinajstić information content (AvgIpc) is 2.45. The van der Waals surface area contributed by atoms with E-state index < -0.39 is 0 Å². The maximum absolute atomic E-state index is 5.77. The van der Waals surface area contributed by atoms with Gasteiger partial charge < -0.3 is 18.9 Å². The fourth-order valence-corrected chi connectivity index (χ4v) is 2.90. The van der Waals surface area contributed by atoms with Crippen LogP contribution in [0.2, 0.25) is 0 Å². The fraction of sp³-hybridized carbons (Fsp3) is 0.625. The lowest BCUT2D eigenvalue weighted by Gasteiger charge is -2.35. The van der Waals surface area contributed by atoms with Crippen LogP contribution in [0.1, 0.15) is 19.4 Å². The Bertz CT molecular complexity index is 442. The second kappa shape index (κ2) is 7.00. The lowest BCUT2D eigenvalue weighted by atomic mass is 10.1. The molecule has 0 saturated carbocycles. The summed E-state index contributed by atoms with van der Waals surface area (Å²) < 4.78 is 21.9. The molecule has 1 heterocycles. The van der Waals surface area contributed by atoms with Gasteiger partial charge in [0, 0.05) is 19.6 Å². The van der Waals surface area contributed by atoms with Crippen molar-refractivity contribution in [1.82, 2.24) is 4.90 Å². The molecule has 0 spiro atoms. The molecule has 1 aromatic rings. The first-order valence-electron chi connectivity index (χ1n) is 7.24. The Balaban J connectivity index is 2.19. The van der Waals surface area contributed by atoms with E-state index in [1.54, 1.807) is 21.3 Å². The van der Waals surface area contributed by atoms with Gasteiger partial charge in [-0.15, -0.1) is 0 Å². The highest BCUT2D eigenvalue weighted by Gasteiger charge is 2.23. The highest BCUT2D eigenvalue weighted by Crippen LogP contribution is 2.38. The van der Waals surface area contributed by atoms with E-state index in [-0.39, 0.29) is 12.2 Å². The maximum Gasteiger partial charge on any atom is 0.203 e. The van der Waals surface area contributed by atoms with E-state index in [4.69, 9.17) is 18.9 Å². The lowest BCUT2D eigenvalue weighted by molar-refractivity contribution is -0.0705. The van der Waals surface area contributed by atoms with Crippen LogP contribution in [0.3, 0.4) is 0 Å². The summed E-state index contributed by atoms with van der Waals surface area (Å²) >= 11 is 0. The molecule has 1 aliphatic rings. The van der Waals surface area contributed by atoms with Crippen LogP contribution in [-0.2, 0) is 11.3 Å². The standard InChI is InChI=1S/C16H25NO4/c1-11-8-17(9-12(2)21-11)10-13-6-14(18-3)16(20-5)15(7-13)19-4/h6-7,11-12H,8-10H2,1-5H3/t11-,12+. The van der Waals surface area contributed by atoms with Crippen LogP contribution in [-0.4, -0.2) is 51.5 Å². The van der Waals surface area contributed by atoms with Crippen LogP contribution >= 0.6 is 0 Å². The van der Waals surface area contributed by atoms with E-state index in [1.807, 2.05) is 12.1 Å². The number of nitrogens with zero attached hydrogens (tertiary/aromatic N) is 1. The summed E-state index contributed by atoms with van der Waals surface area (Å²) in [6.45, 7) is 6.92. The molecule has 0 amide bonds. The summed E-state index contributed by atoms with van der Waals surface area (Å²) in [7, 11) is 4.89. The third-order valence-electron chi connectivity index (χ3n) is 3.63. The average molecular weight is 295 g/mol. The maximum atomic E-state index is 5.77. The topological polar surface area (TPSA) is 40.2 Å². The number of morpholine rings is 1. The molecule has 1 fully saturated rings. The smallest absolute Gasteiger partial charge is 0.203 e. The third-order valence-corrected chi connectivity index (χ3v) is 3.63. The van der Waals surface area contributed by atoms with Gasteiger partial charge in [0.05, 0.1) is 33.5 Å². The Morgan fingerprint density at radius 2 is 1.52 bits per heavy atom. The normalized spacial score (nSPS) is 22.9. The van der Waals surface area contributed by atoms with Gasteiger partial charge in [0.15, 0.2) is 11.5 Å². The van der Waals surface area contributed by atoms with Crippen molar-refractivity contribution in [2.75, 3.05) is 34.4 Å². The quantitative estimate of drug-likeness (QED) is 0.834. The first-order chi connectivity index (χ1) is 10.1. The first kappa shape index (κ1) is 15.9. The minimum atomic E-state index is 0.260. The molecule has 0 unspecified atom stereocenters. The number of hydrogen-bond donors (Lipinski definition) is 0. The summed E-state index contributed by atoms with van der Waals surface area (Å²) in [5, 5.41) is 0. The zero-order valence-electron chi connectivity index (χ0n) is 13.5. The number of rotatable bonds is 5. The van der Waals surface area contributed by atoms with Crippen LogP contribution in [0.5, 0.6) is 17.2 Å². The summed E-state index contributed by atoms with van der Waals surface area (Å²) in [6, 6.07) is 4.01. The molecule has 1 saturated heterocycles. The first-order valence-corrected chi connectivity index (χ1v) is 7.24. The predicted octanol–water partition coefficient (Wildman–Crippen LogP) is 2.32. The Morgan fingerprint density at radius 1 is 1.00 bits per heavy atom. The van der Waals surface area contributed by atoms with E-state index in [0.29, 0.717) is 17.2 Å². The van der Waals surface area contributed by atoms with Crippen molar-refractivity contribution >= 4 is 0 Å². The molecule has 118 valence electrons. The van der Waals surface area contributed by atoms with E-state index >= 15 is 0 Å². The number of benzene rings is 1. The molecule has 5 heteroatoms. The van der Waals surface area contributed by atoms with Gasteiger partial charge in [0.25, 0.3) is 0 Å².